The lowest BCUT2D eigenvalue weighted by atomic mass is 10.1. The lowest BCUT2D eigenvalue weighted by Gasteiger charge is -2.13. The number of nitrogens with one attached hydrogen (secondary N) is 1. The minimum Gasteiger partial charge on any atom is -0.497 e. The molecule has 4 N–H and O–H groups in total. The van der Waals surface area contributed by atoms with Crippen LogP contribution in [0.5, 0.6) is 11.5 Å². The predicted octanol–water partition coefficient (Wildman–Crippen LogP) is 2.78. The lowest BCUT2D eigenvalue weighted by Crippen LogP contribution is -2.23. The first-order valence-corrected chi connectivity index (χ1v) is 7.97. The molecule has 0 radical (unpaired) electrons. The van der Waals surface area contributed by atoms with Gasteiger partial charge in [-0.05, 0) is 54.8 Å². The molecule has 2 aromatic rings. The Morgan fingerprint density at radius 2 is 1.60 bits per heavy atom. The summed E-state index contributed by atoms with van der Waals surface area (Å²) in [7, 11) is 3.13. The maximum atomic E-state index is 10.4. The number of aliphatic hydroxyl groups excluding tert-OH is 1. The van der Waals surface area contributed by atoms with Crippen LogP contribution < -0.4 is 20.5 Å². The SMILES string of the molecule is COc1cc(OC)cc(C(O)CN=C(N)Nc2cc(C)cc(C)c2)c1. The quantitative estimate of drug-likeness (QED) is 0.554. The normalized spacial score (nSPS) is 12.6. The summed E-state index contributed by atoms with van der Waals surface area (Å²) in [5.74, 6) is 1.47. The number of aryl methyl sites for hydroxylation is 2. The van der Waals surface area contributed by atoms with Crippen molar-refractivity contribution in [3.8, 4) is 11.5 Å². The standard InChI is InChI=1S/C19H25N3O3/c1-12-5-13(2)7-15(6-12)22-19(20)21-11-18(23)14-8-16(24-3)10-17(9-14)25-4/h5-10,18,23H,11H2,1-4H3,(H3,20,21,22). The molecule has 0 aliphatic heterocycles. The Kier molecular flexibility index (Phi) is 6.25. The second-order valence-electron chi connectivity index (χ2n) is 5.89. The third-order valence-corrected chi connectivity index (χ3v) is 3.69. The van der Waals surface area contributed by atoms with Crippen LogP contribution in [-0.2, 0) is 0 Å². The van der Waals surface area contributed by atoms with Gasteiger partial charge >= 0.3 is 0 Å². The summed E-state index contributed by atoms with van der Waals surface area (Å²) < 4.78 is 10.4. The number of hydrogen-bond donors (Lipinski definition) is 3. The number of methoxy groups -OCH3 is 2. The molecule has 0 spiro atoms. The van der Waals surface area contributed by atoms with Crippen LogP contribution in [-0.4, -0.2) is 31.8 Å². The molecule has 134 valence electrons. The summed E-state index contributed by atoms with van der Waals surface area (Å²) in [5.41, 5.74) is 9.72. The van der Waals surface area contributed by atoms with Crippen LogP contribution in [0.4, 0.5) is 5.69 Å². The number of hydrogen-bond acceptors (Lipinski definition) is 4. The molecule has 6 heteroatoms. The molecule has 0 amide bonds. The van der Waals surface area contributed by atoms with E-state index in [2.05, 4.69) is 16.4 Å². The van der Waals surface area contributed by atoms with Crippen molar-refractivity contribution >= 4 is 11.6 Å². The van der Waals surface area contributed by atoms with Crippen molar-refractivity contribution in [1.29, 1.82) is 0 Å². The number of anilines is 1. The Labute approximate surface area is 148 Å². The minimum atomic E-state index is -0.816. The first kappa shape index (κ1) is 18.6. The Bertz CT molecular complexity index is 717. The molecule has 0 saturated heterocycles. The van der Waals surface area contributed by atoms with Crippen LogP contribution in [0.25, 0.3) is 0 Å². The van der Waals surface area contributed by atoms with Gasteiger partial charge in [-0.1, -0.05) is 6.07 Å². The van der Waals surface area contributed by atoms with Gasteiger partial charge < -0.3 is 25.6 Å². The zero-order valence-corrected chi connectivity index (χ0v) is 15.0. The molecular weight excluding hydrogens is 318 g/mol. The number of nitrogens with two attached hydrogens (primary N) is 1. The van der Waals surface area contributed by atoms with Gasteiger partial charge in [0.1, 0.15) is 11.5 Å². The topological polar surface area (TPSA) is 89.1 Å². The third-order valence-electron chi connectivity index (χ3n) is 3.69. The van der Waals surface area contributed by atoms with Crippen molar-refractivity contribution in [1.82, 2.24) is 0 Å². The van der Waals surface area contributed by atoms with Gasteiger partial charge in [0.2, 0.25) is 0 Å². The maximum Gasteiger partial charge on any atom is 0.193 e. The number of nitrogens with zero attached hydrogens (tertiary/aromatic N) is 1. The van der Waals surface area contributed by atoms with Crippen molar-refractivity contribution in [2.24, 2.45) is 10.7 Å². The van der Waals surface area contributed by atoms with E-state index in [1.54, 1.807) is 32.4 Å². The number of aliphatic hydroxyl groups is 1. The number of benzene rings is 2. The molecule has 0 aromatic heterocycles. The Hall–Kier alpha value is -2.73. The van der Waals surface area contributed by atoms with Gasteiger partial charge in [0.15, 0.2) is 5.96 Å². The second-order valence-corrected chi connectivity index (χ2v) is 5.89. The van der Waals surface area contributed by atoms with E-state index in [1.807, 2.05) is 26.0 Å². The molecule has 1 atom stereocenters. The fourth-order valence-electron chi connectivity index (χ4n) is 2.55. The molecule has 1 unspecified atom stereocenters. The van der Waals surface area contributed by atoms with E-state index in [1.165, 1.54) is 0 Å². The van der Waals surface area contributed by atoms with Gasteiger partial charge in [0.25, 0.3) is 0 Å². The fourth-order valence-corrected chi connectivity index (χ4v) is 2.55. The number of aliphatic imine (C=N–C) groups is 1. The van der Waals surface area contributed by atoms with Gasteiger partial charge in [-0.2, -0.15) is 0 Å². The summed E-state index contributed by atoms with van der Waals surface area (Å²) in [6, 6.07) is 11.3. The molecule has 25 heavy (non-hydrogen) atoms. The van der Waals surface area contributed by atoms with E-state index in [9.17, 15) is 5.11 Å². The molecule has 0 fully saturated rings. The van der Waals surface area contributed by atoms with Gasteiger partial charge in [0, 0.05) is 11.8 Å². The van der Waals surface area contributed by atoms with E-state index >= 15 is 0 Å². The summed E-state index contributed by atoms with van der Waals surface area (Å²) in [4.78, 5) is 4.22. The molecule has 0 aliphatic rings. The van der Waals surface area contributed by atoms with E-state index in [0.29, 0.717) is 17.1 Å². The van der Waals surface area contributed by atoms with Crippen molar-refractivity contribution in [3.63, 3.8) is 0 Å². The van der Waals surface area contributed by atoms with Crippen LogP contribution in [0.3, 0.4) is 0 Å². The highest BCUT2D eigenvalue weighted by Gasteiger charge is 2.11. The zero-order valence-electron chi connectivity index (χ0n) is 15.0. The van der Waals surface area contributed by atoms with Gasteiger partial charge in [-0.15, -0.1) is 0 Å². The van der Waals surface area contributed by atoms with Crippen LogP contribution in [0, 0.1) is 13.8 Å². The first-order chi connectivity index (χ1) is 11.9. The molecule has 0 aliphatic carbocycles. The number of rotatable bonds is 6. The highest BCUT2D eigenvalue weighted by Crippen LogP contribution is 2.26. The molecular formula is C19H25N3O3. The van der Waals surface area contributed by atoms with E-state index in [4.69, 9.17) is 15.2 Å². The smallest absolute Gasteiger partial charge is 0.193 e. The van der Waals surface area contributed by atoms with Crippen molar-refractivity contribution in [2.45, 2.75) is 20.0 Å². The van der Waals surface area contributed by atoms with Crippen LogP contribution in [0.1, 0.15) is 22.8 Å². The number of ether oxygens (including phenoxy) is 2. The number of guanidine groups is 1. The van der Waals surface area contributed by atoms with E-state index in [-0.39, 0.29) is 12.5 Å². The maximum absolute atomic E-state index is 10.4. The van der Waals surface area contributed by atoms with E-state index < -0.39 is 6.10 Å². The average molecular weight is 343 g/mol. The Morgan fingerprint density at radius 1 is 1.04 bits per heavy atom. The first-order valence-electron chi connectivity index (χ1n) is 7.97. The largest absolute Gasteiger partial charge is 0.497 e. The van der Waals surface area contributed by atoms with Crippen LogP contribution >= 0.6 is 0 Å². The van der Waals surface area contributed by atoms with Crippen molar-refractivity contribution < 1.29 is 14.6 Å². The molecule has 6 nitrogen and oxygen atoms in total. The molecule has 0 saturated carbocycles. The third kappa shape index (κ3) is 5.39. The summed E-state index contributed by atoms with van der Waals surface area (Å²) in [6.07, 6.45) is -0.816. The summed E-state index contributed by atoms with van der Waals surface area (Å²) in [6.45, 7) is 4.16. The van der Waals surface area contributed by atoms with Crippen molar-refractivity contribution in [3.05, 3.63) is 53.1 Å². The zero-order chi connectivity index (χ0) is 18.4. The van der Waals surface area contributed by atoms with Crippen LogP contribution in [0.2, 0.25) is 0 Å². The summed E-state index contributed by atoms with van der Waals surface area (Å²) in [5, 5.41) is 13.4. The second kappa shape index (κ2) is 8.39. The summed E-state index contributed by atoms with van der Waals surface area (Å²) >= 11 is 0. The van der Waals surface area contributed by atoms with Gasteiger partial charge in [-0.3, -0.25) is 4.99 Å². The minimum absolute atomic E-state index is 0.125. The lowest BCUT2D eigenvalue weighted by molar-refractivity contribution is 0.186. The van der Waals surface area contributed by atoms with Crippen LogP contribution in [0.15, 0.2) is 41.4 Å². The predicted molar refractivity (Wildman–Crippen MR) is 101 cm³/mol. The van der Waals surface area contributed by atoms with E-state index in [0.717, 1.165) is 16.8 Å². The van der Waals surface area contributed by atoms with Gasteiger partial charge in [-0.25, -0.2) is 0 Å². The van der Waals surface area contributed by atoms with Gasteiger partial charge in [0.05, 0.1) is 26.9 Å². The molecule has 0 bridgehead atoms. The average Bonchev–Trinajstić information content (AvgIpc) is 2.58. The Balaban J connectivity index is 2.07. The fraction of sp³-hybridized carbons (Fsp3) is 0.316. The Morgan fingerprint density at radius 3 is 2.12 bits per heavy atom. The van der Waals surface area contributed by atoms with Crippen molar-refractivity contribution in [2.75, 3.05) is 26.1 Å². The highest BCUT2D eigenvalue weighted by molar-refractivity contribution is 5.92. The monoisotopic (exact) mass is 343 g/mol. The molecule has 2 aromatic carbocycles. The highest BCUT2D eigenvalue weighted by atomic mass is 16.5. The molecule has 0 heterocycles. The molecule has 2 rings (SSSR count).